The van der Waals surface area contributed by atoms with E-state index in [9.17, 15) is 9.18 Å². The summed E-state index contributed by atoms with van der Waals surface area (Å²) in [6.45, 7) is 0. The first kappa shape index (κ1) is 6.89. The maximum atomic E-state index is 12.9. The Kier molecular flexibility index (Phi) is 1.20. The largest absolute Gasteiger partial charge is 0.352 e. The maximum absolute atomic E-state index is 12.9. The van der Waals surface area contributed by atoms with Gasteiger partial charge in [0.25, 0.3) is 0 Å². The van der Waals surface area contributed by atoms with Crippen molar-refractivity contribution in [3.05, 3.63) is 22.5 Å². The predicted molar refractivity (Wildman–Crippen MR) is 36.0 cm³/mol. The van der Waals surface area contributed by atoms with E-state index < -0.39 is 11.5 Å². The van der Waals surface area contributed by atoms with Crippen molar-refractivity contribution in [3.8, 4) is 0 Å². The second-order valence-electron chi connectivity index (χ2n) is 2.28. The van der Waals surface area contributed by atoms with Crippen LogP contribution in [0.15, 0.2) is 11.0 Å². The van der Waals surface area contributed by atoms with Gasteiger partial charge >= 0.3 is 5.69 Å². The Morgan fingerprint density at radius 3 is 3.08 bits per heavy atom. The van der Waals surface area contributed by atoms with Crippen LogP contribution in [-0.2, 0) is 7.05 Å². The molecule has 2 heterocycles. The number of nitrogens with zero attached hydrogens (tertiary/aromatic N) is 5. The number of fused-ring (bicyclic) bond motifs is 1. The van der Waals surface area contributed by atoms with E-state index in [0.717, 1.165) is 15.3 Å². The molecule has 0 bridgehead atoms. The van der Waals surface area contributed by atoms with Crippen LogP contribution in [0.5, 0.6) is 0 Å². The van der Waals surface area contributed by atoms with Gasteiger partial charge in [-0.25, -0.2) is 9.18 Å². The van der Waals surface area contributed by atoms with E-state index in [1.165, 1.54) is 7.05 Å². The Balaban J connectivity index is 3.07. The highest BCUT2D eigenvalue weighted by atomic mass is 19.1. The van der Waals surface area contributed by atoms with Crippen LogP contribution in [0.4, 0.5) is 4.39 Å². The number of aryl methyl sites for hydroxylation is 1. The number of hydrogen-bond acceptors (Lipinski definition) is 4. The molecule has 0 spiro atoms. The van der Waals surface area contributed by atoms with E-state index in [1.54, 1.807) is 0 Å². The molecular formula is C5H4FN5O. The quantitative estimate of drug-likeness (QED) is 0.505. The van der Waals surface area contributed by atoms with Crippen LogP contribution in [0, 0.1) is 5.82 Å². The zero-order valence-electron chi connectivity index (χ0n) is 6.10. The lowest BCUT2D eigenvalue weighted by molar-refractivity contribution is 0.589. The first-order valence-electron chi connectivity index (χ1n) is 3.13. The third kappa shape index (κ3) is 0.728. The Bertz CT molecular complexity index is 486. The summed E-state index contributed by atoms with van der Waals surface area (Å²) in [5, 5.41) is 9.83. The van der Waals surface area contributed by atoms with Gasteiger partial charge in [-0.1, -0.05) is 0 Å². The van der Waals surface area contributed by atoms with E-state index in [4.69, 9.17) is 0 Å². The van der Waals surface area contributed by atoms with Gasteiger partial charge in [0, 0.05) is 13.2 Å². The molecule has 0 aliphatic carbocycles. The van der Waals surface area contributed by atoms with Crippen molar-refractivity contribution in [3.63, 3.8) is 0 Å². The monoisotopic (exact) mass is 169 g/mol. The zero-order valence-corrected chi connectivity index (χ0v) is 6.10. The number of halogens is 1. The third-order valence-corrected chi connectivity index (χ3v) is 1.47. The van der Waals surface area contributed by atoms with Gasteiger partial charge in [0.05, 0.1) is 0 Å². The molecule has 62 valence electrons. The lowest BCUT2D eigenvalue weighted by Gasteiger charge is -1.95. The minimum absolute atomic E-state index is 0.155. The van der Waals surface area contributed by atoms with Crippen LogP contribution in [0.2, 0.25) is 0 Å². The number of rotatable bonds is 0. The van der Waals surface area contributed by atoms with Crippen LogP contribution in [0.1, 0.15) is 0 Å². The van der Waals surface area contributed by atoms with E-state index in [1.807, 2.05) is 0 Å². The molecule has 0 saturated heterocycles. The van der Waals surface area contributed by atoms with Crippen LogP contribution in [-0.4, -0.2) is 24.6 Å². The summed E-state index contributed by atoms with van der Waals surface area (Å²) < 4.78 is 14.8. The summed E-state index contributed by atoms with van der Waals surface area (Å²) in [5.74, 6) is -0.623. The normalized spacial score (nSPS) is 10.8. The minimum Gasteiger partial charge on any atom is -0.299 e. The molecule has 0 N–H and O–H groups in total. The molecule has 12 heavy (non-hydrogen) atoms. The first-order chi connectivity index (χ1) is 5.70. The van der Waals surface area contributed by atoms with Gasteiger partial charge in [-0.3, -0.25) is 4.57 Å². The Labute approximate surface area is 65.2 Å². The SMILES string of the molecule is Cn1cc(F)c2nnnn2c1=O. The van der Waals surface area contributed by atoms with Gasteiger partial charge in [0.1, 0.15) is 0 Å². The molecule has 0 saturated carbocycles. The topological polar surface area (TPSA) is 65.1 Å². The smallest absolute Gasteiger partial charge is 0.299 e. The fraction of sp³-hybridized carbons (Fsp3) is 0.200. The minimum atomic E-state index is -0.623. The first-order valence-corrected chi connectivity index (χ1v) is 3.13. The molecule has 7 heteroatoms. The second-order valence-corrected chi connectivity index (χ2v) is 2.28. The average Bonchev–Trinajstić information content (AvgIpc) is 2.48. The molecule has 0 aromatic carbocycles. The van der Waals surface area contributed by atoms with Crippen LogP contribution >= 0.6 is 0 Å². The highest BCUT2D eigenvalue weighted by Gasteiger charge is 2.08. The van der Waals surface area contributed by atoms with Crippen molar-refractivity contribution in [1.29, 1.82) is 0 Å². The predicted octanol–water partition coefficient (Wildman–Crippen LogP) is -1.04. The van der Waals surface area contributed by atoms with Crippen molar-refractivity contribution >= 4 is 5.65 Å². The Morgan fingerprint density at radius 2 is 2.33 bits per heavy atom. The number of aromatic nitrogens is 5. The van der Waals surface area contributed by atoms with E-state index in [0.29, 0.717) is 0 Å². The summed E-state index contributed by atoms with van der Waals surface area (Å²) in [5.41, 5.74) is -0.630. The van der Waals surface area contributed by atoms with Crippen LogP contribution in [0.3, 0.4) is 0 Å². The van der Waals surface area contributed by atoms with Crippen molar-refractivity contribution < 1.29 is 4.39 Å². The highest BCUT2D eigenvalue weighted by molar-refractivity contribution is 5.34. The second kappa shape index (κ2) is 2.10. The molecule has 0 amide bonds. The van der Waals surface area contributed by atoms with Crippen LogP contribution in [0.25, 0.3) is 5.65 Å². The van der Waals surface area contributed by atoms with Crippen molar-refractivity contribution in [2.24, 2.45) is 7.05 Å². The summed E-state index contributed by atoms with van der Waals surface area (Å²) in [4.78, 5) is 11.2. The van der Waals surface area contributed by atoms with Crippen molar-refractivity contribution in [2.45, 2.75) is 0 Å². The van der Waals surface area contributed by atoms with E-state index in [-0.39, 0.29) is 5.65 Å². The molecule has 2 aromatic heterocycles. The molecular weight excluding hydrogens is 165 g/mol. The van der Waals surface area contributed by atoms with Crippen LogP contribution < -0.4 is 5.69 Å². The van der Waals surface area contributed by atoms with Gasteiger partial charge < -0.3 is 0 Å². The van der Waals surface area contributed by atoms with E-state index >= 15 is 0 Å². The third-order valence-electron chi connectivity index (χ3n) is 1.47. The van der Waals surface area contributed by atoms with Gasteiger partial charge in [0.15, 0.2) is 5.82 Å². The van der Waals surface area contributed by atoms with Gasteiger partial charge in [-0.15, -0.1) is 9.61 Å². The average molecular weight is 169 g/mol. The lowest BCUT2D eigenvalue weighted by atomic mass is 10.6. The Morgan fingerprint density at radius 1 is 1.58 bits per heavy atom. The van der Waals surface area contributed by atoms with Gasteiger partial charge in [-0.05, 0) is 10.4 Å². The summed E-state index contributed by atoms with van der Waals surface area (Å²) >= 11 is 0. The standard InChI is InChI=1S/C5H4FN5O/c1-10-2-3(6)4-7-8-9-11(4)5(10)12/h2H,1H3. The summed E-state index contributed by atoms with van der Waals surface area (Å²) in [7, 11) is 1.42. The highest BCUT2D eigenvalue weighted by Crippen LogP contribution is 1.98. The molecule has 0 atom stereocenters. The van der Waals surface area contributed by atoms with Gasteiger partial charge in [0.2, 0.25) is 5.65 Å². The summed E-state index contributed by atoms with van der Waals surface area (Å²) in [6, 6.07) is 0. The van der Waals surface area contributed by atoms with Crippen molar-refractivity contribution in [1.82, 2.24) is 24.6 Å². The number of hydrogen-bond donors (Lipinski definition) is 0. The molecule has 0 fully saturated rings. The molecule has 0 aliphatic rings. The number of tetrazole rings is 1. The molecule has 0 radical (unpaired) electrons. The molecule has 2 aromatic rings. The van der Waals surface area contributed by atoms with E-state index in [2.05, 4.69) is 15.5 Å². The summed E-state index contributed by atoms with van der Waals surface area (Å²) in [6.07, 6.45) is 1.04. The molecule has 2 rings (SSSR count). The fourth-order valence-electron chi connectivity index (χ4n) is 0.897. The molecule has 0 unspecified atom stereocenters. The molecule has 6 nitrogen and oxygen atoms in total. The maximum Gasteiger partial charge on any atom is 0.352 e. The Hall–Kier alpha value is -1.79. The fourth-order valence-corrected chi connectivity index (χ4v) is 0.897. The zero-order chi connectivity index (χ0) is 8.72. The van der Waals surface area contributed by atoms with Crippen molar-refractivity contribution in [2.75, 3.05) is 0 Å². The lowest BCUT2D eigenvalue weighted by Crippen LogP contribution is -2.25. The molecule has 0 aliphatic heterocycles. The van der Waals surface area contributed by atoms with Gasteiger partial charge in [-0.2, -0.15) is 0 Å².